The van der Waals surface area contributed by atoms with E-state index in [2.05, 4.69) is 9.97 Å². The number of benzene rings is 1. The van der Waals surface area contributed by atoms with Crippen molar-refractivity contribution in [2.24, 2.45) is 0 Å². The number of aryl methyl sites for hydroxylation is 1. The van der Waals surface area contributed by atoms with Crippen LogP contribution in [0.1, 0.15) is 44.3 Å². The first kappa shape index (κ1) is 16.5. The minimum atomic E-state index is -0.286. The number of nitrogens with zero attached hydrogens (tertiary/aromatic N) is 2. The summed E-state index contributed by atoms with van der Waals surface area (Å²) in [6.07, 6.45) is 6.26. The number of aromatic nitrogens is 2. The van der Waals surface area contributed by atoms with E-state index in [1.165, 1.54) is 12.1 Å². The molecule has 0 radical (unpaired) electrons. The van der Waals surface area contributed by atoms with E-state index >= 15 is 0 Å². The van der Waals surface area contributed by atoms with Gasteiger partial charge in [0.25, 0.3) is 0 Å². The smallest absolute Gasteiger partial charge is 0.223 e. The number of ether oxygens (including phenoxy) is 1. The number of H-pyrrole nitrogens is 1. The number of likely N-dealkylation sites (tertiary alicyclic amines) is 1. The van der Waals surface area contributed by atoms with E-state index in [0.717, 1.165) is 63.1 Å². The molecule has 0 bridgehead atoms. The van der Waals surface area contributed by atoms with Gasteiger partial charge in [-0.3, -0.25) is 4.79 Å². The summed E-state index contributed by atoms with van der Waals surface area (Å²) in [7, 11) is 0. The molecule has 4 rings (SSSR count). The molecular formula is C19H24FN3O2. The van der Waals surface area contributed by atoms with Gasteiger partial charge in [0.15, 0.2) is 0 Å². The lowest BCUT2D eigenvalue weighted by Gasteiger charge is -2.26. The fourth-order valence-electron chi connectivity index (χ4n) is 4.10. The van der Waals surface area contributed by atoms with Crippen LogP contribution in [0, 0.1) is 5.82 Å². The maximum atomic E-state index is 13.2. The van der Waals surface area contributed by atoms with E-state index in [0.29, 0.717) is 18.4 Å². The maximum absolute atomic E-state index is 13.2. The van der Waals surface area contributed by atoms with Gasteiger partial charge >= 0.3 is 0 Å². The van der Waals surface area contributed by atoms with E-state index in [9.17, 15) is 9.18 Å². The molecule has 1 spiro atoms. The molecule has 1 aromatic carbocycles. The van der Waals surface area contributed by atoms with Crippen LogP contribution < -0.4 is 0 Å². The molecule has 1 atom stereocenters. The quantitative estimate of drug-likeness (QED) is 0.929. The van der Waals surface area contributed by atoms with E-state index in [1.807, 2.05) is 4.90 Å². The zero-order valence-corrected chi connectivity index (χ0v) is 14.4. The van der Waals surface area contributed by atoms with Crippen molar-refractivity contribution in [1.82, 2.24) is 14.9 Å². The van der Waals surface area contributed by atoms with Crippen LogP contribution in [0.2, 0.25) is 0 Å². The van der Waals surface area contributed by atoms with Gasteiger partial charge < -0.3 is 14.6 Å². The zero-order valence-electron chi connectivity index (χ0n) is 14.4. The van der Waals surface area contributed by atoms with Crippen LogP contribution in [-0.2, 0) is 16.0 Å². The van der Waals surface area contributed by atoms with Crippen molar-refractivity contribution >= 4 is 16.9 Å². The normalized spacial score (nSPS) is 24.1. The first-order valence-electron chi connectivity index (χ1n) is 9.19. The van der Waals surface area contributed by atoms with Crippen LogP contribution in [-0.4, -0.2) is 46.1 Å². The second-order valence-corrected chi connectivity index (χ2v) is 7.21. The number of carbonyl (C=O) groups is 1. The molecule has 0 saturated carbocycles. The maximum Gasteiger partial charge on any atom is 0.223 e. The average molecular weight is 345 g/mol. The summed E-state index contributed by atoms with van der Waals surface area (Å²) in [5.74, 6) is 0.618. The molecule has 0 aliphatic carbocycles. The minimum absolute atomic E-state index is 0.0256. The third-order valence-corrected chi connectivity index (χ3v) is 5.50. The fraction of sp³-hybridized carbons (Fsp3) is 0.579. The monoisotopic (exact) mass is 345 g/mol. The molecule has 6 heteroatoms. The summed E-state index contributed by atoms with van der Waals surface area (Å²) in [4.78, 5) is 22.1. The van der Waals surface area contributed by atoms with Crippen LogP contribution in [0.3, 0.4) is 0 Å². The summed E-state index contributed by atoms with van der Waals surface area (Å²) in [6, 6.07) is 4.49. The molecule has 3 heterocycles. The summed E-state index contributed by atoms with van der Waals surface area (Å²) in [6.45, 7) is 2.46. The number of amides is 1. The van der Waals surface area contributed by atoms with E-state index in [4.69, 9.17) is 4.74 Å². The second-order valence-electron chi connectivity index (χ2n) is 7.21. The summed E-state index contributed by atoms with van der Waals surface area (Å²) >= 11 is 0. The van der Waals surface area contributed by atoms with Crippen LogP contribution in [0.15, 0.2) is 18.2 Å². The largest absolute Gasteiger partial charge is 0.375 e. The number of nitrogens with one attached hydrogen (secondary N) is 1. The van der Waals surface area contributed by atoms with Gasteiger partial charge in [-0.25, -0.2) is 9.37 Å². The van der Waals surface area contributed by atoms with E-state index in [1.54, 1.807) is 6.07 Å². The Morgan fingerprint density at radius 1 is 1.28 bits per heavy atom. The Hall–Kier alpha value is -1.95. The van der Waals surface area contributed by atoms with Gasteiger partial charge in [0.1, 0.15) is 11.6 Å². The number of rotatable bonds is 3. The number of imidazole rings is 1. The second kappa shape index (κ2) is 6.75. The van der Waals surface area contributed by atoms with Crippen LogP contribution >= 0.6 is 0 Å². The summed E-state index contributed by atoms with van der Waals surface area (Å²) in [5.41, 5.74) is 1.44. The lowest BCUT2D eigenvalue weighted by Crippen LogP contribution is -2.34. The number of hydrogen-bond donors (Lipinski definition) is 1. The molecule has 1 amide bonds. The van der Waals surface area contributed by atoms with Gasteiger partial charge in [0, 0.05) is 32.5 Å². The standard InChI is InChI=1S/C19H24FN3O2/c20-14-3-4-15-16(13-14)22-17(21-15)5-6-18(24)23-10-1-7-19(9-11-23)8-2-12-25-19/h3-4,13H,1-2,5-12H2,(H,21,22)/t19-/m1/s1. The van der Waals surface area contributed by atoms with Gasteiger partial charge in [-0.05, 0) is 50.3 Å². The summed E-state index contributed by atoms with van der Waals surface area (Å²) < 4.78 is 19.2. The molecule has 2 aliphatic rings. The Morgan fingerprint density at radius 2 is 2.16 bits per heavy atom. The van der Waals surface area contributed by atoms with Crippen molar-refractivity contribution in [2.45, 2.75) is 50.5 Å². The van der Waals surface area contributed by atoms with Gasteiger partial charge in [-0.15, -0.1) is 0 Å². The predicted octanol–water partition coefficient (Wildman–Crippen LogP) is 3.20. The van der Waals surface area contributed by atoms with Crippen molar-refractivity contribution in [1.29, 1.82) is 0 Å². The van der Waals surface area contributed by atoms with E-state index < -0.39 is 0 Å². The fourth-order valence-corrected chi connectivity index (χ4v) is 4.10. The lowest BCUT2D eigenvalue weighted by molar-refractivity contribution is -0.131. The molecule has 1 aromatic heterocycles. The van der Waals surface area contributed by atoms with Crippen molar-refractivity contribution in [2.75, 3.05) is 19.7 Å². The lowest BCUT2D eigenvalue weighted by atomic mass is 9.92. The SMILES string of the molecule is O=C(CCc1nc2ccc(F)cc2[nH]1)N1CCC[C@@]2(CCCO2)CC1. The molecule has 2 aliphatic heterocycles. The first-order chi connectivity index (χ1) is 12.1. The third-order valence-electron chi connectivity index (χ3n) is 5.50. The number of hydrogen-bond acceptors (Lipinski definition) is 3. The molecule has 134 valence electrons. The number of fused-ring (bicyclic) bond motifs is 1. The highest BCUT2D eigenvalue weighted by molar-refractivity contribution is 5.77. The molecule has 2 saturated heterocycles. The molecule has 5 nitrogen and oxygen atoms in total. The Morgan fingerprint density at radius 3 is 3.00 bits per heavy atom. The van der Waals surface area contributed by atoms with Crippen LogP contribution in [0.4, 0.5) is 4.39 Å². The Kier molecular flexibility index (Phi) is 4.46. The molecule has 2 aromatic rings. The topological polar surface area (TPSA) is 58.2 Å². The molecule has 0 unspecified atom stereocenters. The van der Waals surface area contributed by atoms with Crippen LogP contribution in [0.5, 0.6) is 0 Å². The Labute approximate surface area is 146 Å². The zero-order chi connectivity index (χ0) is 17.3. The van der Waals surface area contributed by atoms with Gasteiger partial charge in [0.2, 0.25) is 5.91 Å². The van der Waals surface area contributed by atoms with Crippen molar-refractivity contribution in [3.8, 4) is 0 Å². The van der Waals surface area contributed by atoms with Gasteiger partial charge in [-0.1, -0.05) is 0 Å². The number of carbonyl (C=O) groups excluding carboxylic acids is 1. The van der Waals surface area contributed by atoms with Crippen LogP contribution in [0.25, 0.3) is 11.0 Å². The number of halogens is 1. The third kappa shape index (κ3) is 3.54. The first-order valence-corrected chi connectivity index (χ1v) is 9.19. The Balaban J connectivity index is 1.35. The molecule has 1 N–H and O–H groups in total. The highest BCUT2D eigenvalue weighted by atomic mass is 19.1. The predicted molar refractivity (Wildman–Crippen MR) is 92.7 cm³/mol. The molecule has 25 heavy (non-hydrogen) atoms. The Bertz CT molecular complexity index is 767. The van der Waals surface area contributed by atoms with Gasteiger partial charge in [-0.2, -0.15) is 0 Å². The average Bonchev–Trinajstić information content (AvgIpc) is 3.16. The highest BCUT2D eigenvalue weighted by Gasteiger charge is 2.37. The van der Waals surface area contributed by atoms with E-state index in [-0.39, 0.29) is 17.3 Å². The molecular weight excluding hydrogens is 321 g/mol. The van der Waals surface area contributed by atoms with Gasteiger partial charge in [0.05, 0.1) is 16.6 Å². The highest BCUT2D eigenvalue weighted by Crippen LogP contribution is 2.35. The number of aromatic amines is 1. The van der Waals surface area contributed by atoms with Crippen molar-refractivity contribution in [3.05, 3.63) is 29.8 Å². The van der Waals surface area contributed by atoms with Crippen molar-refractivity contribution < 1.29 is 13.9 Å². The molecule has 2 fully saturated rings. The minimum Gasteiger partial charge on any atom is -0.375 e. The summed E-state index contributed by atoms with van der Waals surface area (Å²) in [5, 5.41) is 0. The van der Waals surface area contributed by atoms with Crippen molar-refractivity contribution in [3.63, 3.8) is 0 Å².